The first kappa shape index (κ1) is 9.88. The number of methoxy groups -OCH3 is 1. The summed E-state index contributed by atoms with van der Waals surface area (Å²) in [4.78, 5) is 0. The summed E-state index contributed by atoms with van der Waals surface area (Å²) in [5.41, 5.74) is 0. The predicted molar refractivity (Wildman–Crippen MR) is 38.7 cm³/mol. The molecule has 0 amide bonds. The van der Waals surface area contributed by atoms with Crippen molar-refractivity contribution in [2.75, 3.05) is 13.7 Å². The molecule has 1 atom stereocenters. The molecule has 10 heavy (non-hydrogen) atoms. The van der Waals surface area contributed by atoms with Crippen molar-refractivity contribution in [3.8, 4) is 0 Å². The monoisotopic (exact) mass is 148 g/mol. The maximum Gasteiger partial charge on any atom is 0.162 e. The molecule has 1 N–H and O–H groups in total. The smallest absolute Gasteiger partial charge is 0.162 e. The second-order valence-electron chi connectivity index (χ2n) is 2.76. The van der Waals surface area contributed by atoms with Crippen LogP contribution in [0.25, 0.3) is 0 Å². The van der Waals surface area contributed by atoms with Crippen LogP contribution in [-0.4, -0.2) is 30.7 Å². The molecule has 0 aliphatic carbocycles. The zero-order valence-electron chi connectivity index (χ0n) is 7.05. The van der Waals surface area contributed by atoms with Gasteiger partial charge in [0.05, 0.1) is 12.7 Å². The van der Waals surface area contributed by atoms with Gasteiger partial charge >= 0.3 is 0 Å². The first-order chi connectivity index (χ1) is 4.48. The van der Waals surface area contributed by atoms with Crippen molar-refractivity contribution >= 4 is 0 Å². The Morgan fingerprint density at radius 3 is 2.30 bits per heavy atom. The summed E-state index contributed by atoms with van der Waals surface area (Å²) in [6.07, 6.45) is -0.436. The van der Waals surface area contributed by atoms with Gasteiger partial charge in [-0.2, -0.15) is 0 Å². The van der Waals surface area contributed by atoms with Crippen LogP contribution >= 0.6 is 0 Å². The third kappa shape index (κ3) is 4.73. The highest BCUT2D eigenvalue weighted by atomic mass is 16.7. The quantitative estimate of drug-likeness (QED) is 0.598. The molecule has 0 heterocycles. The van der Waals surface area contributed by atoms with E-state index < -0.39 is 11.9 Å². The Balaban J connectivity index is 3.46. The minimum atomic E-state index is -0.586. The number of ether oxygens (including phenoxy) is 2. The molecule has 1 unspecified atom stereocenters. The number of aliphatic hydroxyl groups excluding tert-OH is 1. The summed E-state index contributed by atoms with van der Waals surface area (Å²) in [5, 5.41) is 8.83. The van der Waals surface area contributed by atoms with Gasteiger partial charge in [-0.05, 0) is 20.8 Å². The zero-order valence-corrected chi connectivity index (χ0v) is 7.05. The molecule has 0 fully saturated rings. The summed E-state index contributed by atoms with van der Waals surface area (Å²) in [6.45, 7) is 5.58. The molecule has 0 aromatic rings. The Kier molecular flexibility index (Phi) is 3.86. The summed E-state index contributed by atoms with van der Waals surface area (Å²) < 4.78 is 10.1. The molecule has 0 aromatic carbocycles. The summed E-state index contributed by atoms with van der Waals surface area (Å²) in [7, 11) is 1.57. The van der Waals surface area contributed by atoms with Crippen LogP contribution in [0.5, 0.6) is 0 Å². The van der Waals surface area contributed by atoms with Crippen LogP contribution in [0.2, 0.25) is 0 Å². The number of rotatable bonds is 4. The molecule has 3 nitrogen and oxygen atoms in total. The van der Waals surface area contributed by atoms with Gasteiger partial charge in [0.15, 0.2) is 5.79 Å². The topological polar surface area (TPSA) is 38.7 Å². The van der Waals surface area contributed by atoms with E-state index in [4.69, 9.17) is 14.6 Å². The van der Waals surface area contributed by atoms with E-state index in [9.17, 15) is 0 Å². The molecule has 0 rings (SSSR count). The van der Waals surface area contributed by atoms with Crippen molar-refractivity contribution in [3.63, 3.8) is 0 Å². The lowest BCUT2D eigenvalue weighted by atomic mass is 10.3. The van der Waals surface area contributed by atoms with E-state index in [2.05, 4.69) is 0 Å². The first-order valence-corrected chi connectivity index (χ1v) is 3.35. The SMILES string of the molecule is COC(C)(C)OCC(C)O. The highest BCUT2D eigenvalue weighted by molar-refractivity contribution is 4.53. The molecular weight excluding hydrogens is 132 g/mol. The summed E-state index contributed by atoms with van der Waals surface area (Å²) in [6, 6.07) is 0. The Labute approximate surface area is 62.0 Å². The van der Waals surface area contributed by atoms with Gasteiger partial charge in [-0.25, -0.2) is 0 Å². The largest absolute Gasteiger partial charge is 0.391 e. The van der Waals surface area contributed by atoms with Crippen LogP contribution in [0.1, 0.15) is 20.8 Å². The van der Waals surface area contributed by atoms with Crippen molar-refractivity contribution in [3.05, 3.63) is 0 Å². The molecule has 62 valence electrons. The maximum atomic E-state index is 8.83. The number of hydrogen-bond acceptors (Lipinski definition) is 3. The normalized spacial score (nSPS) is 15.3. The molecule has 3 heteroatoms. The third-order valence-corrected chi connectivity index (χ3v) is 1.16. The average Bonchev–Trinajstić information content (AvgIpc) is 1.85. The van der Waals surface area contributed by atoms with Gasteiger partial charge in [0.1, 0.15) is 0 Å². The molecule has 0 aliphatic rings. The summed E-state index contributed by atoms with van der Waals surface area (Å²) >= 11 is 0. The van der Waals surface area contributed by atoms with Gasteiger partial charge in [-0.3, -0.25) is 0 Å². The van der Waals surface area contributed by atoms with Gasteiger partial charge in [-0.1, -0.05) is 0 Å². The van der Waals surface area contributed by atoms with E-state index in [0.29, 0.717) is 6.61 Å². The second kappa shape index (κ2) is 3.91. The van der Waals surface area contributed by atoms with Gasteiger partial charge < -0.3 is 14.6 Å². The highest BCUT2D eigenvalue weighted by Gasteiger charge is 2.16. The minimum Gasteiger partial charge on any atom is -0.391 e. The molecule has 0 saturated carbocycles. The van der Waals surface area contributed by atoms with E-state index in [1.54, 1.807) is 27.9 Å². The maximum absolute atomic E-state index is 8.83. The molecule has 0 aromatic heterocycles. The van der Waals surface area contributed by atoms with Crippen molar-refractivity contribution in [2.24, 2.45) is 0 Å². The van der Waals surface area contributed by atoms with Crippen LogP contribution in [0.4, 0.5) is 0 Å². The van der Waals surface area contributed by atoms with Gasteiger partial charge in [0.25, 0.3) is 0 Å². The molecule has 0 aliphatic heterocycles. The van der Waals surface area contributed by atoms with Crippen LogP contribution in [0.3, 0.4) is 0 Å². The van der Waals surface area contributed by atoms with E-state index in [-0.39, 0.29) is 0 Å². The van der Waals surface area contributed by atoms with Crippen molar-refractivity contribution in [1.82, 2.24) is 0 Å². The standard InChI is InChI=1S/C7H16O3/c1-6(8)5-10-7(2,3)9-4/h6,8H,5H2,1-4H3. The Hall–Kier alpha value is -0.120. The van der Waals surface area contributed by atoms with Gasteiger partial charge in [-0.15, -0.1) is 0 Å². The molecule has 0 saturated heterocycles. The molecule has 0 bridgehead atoms. The van der Waals surface area contributed by atoms with Crippen molar-refractivity contribution in [1.29, 1.82) is 0 Å². The van der Waals surface area contributed by atoms with E-state index in [0.717, 1.165) is 0 Å². The average molecular weight is 148 g/mol. The molecule has 0 spiro atoms. The highest BCUT2D eigenvalue weighted by Crippen LogP contribution is 2.08. The number of aliphatic hydroxyl groups is 1. The van der Waals surface area contributed by atoms with Crippen LogP contribution in [0.15, 0.2) is 0 Å². The minimum absolute atomic E-state index is 0.306. The van der Waals surface area contributed by atoms with Crippen LogP contribution in [-0.2, 0) is 9.47 Å². The lowest BCUT2D eigenvalue weighted by molar-refractivity contribution is -0.207. The van der Waals surface area contributed by atoms with Crippen LogP contribution < -0.4 is 0 Å². The fourth-order valence-electron chi connectivity index (χ4n) is 0.380. The van der Waals surface area contributed by atoms with Gasteiger partial charge in [0, 0.05) is 7.11 Å². The van der Waals surface area contributed by atoms with E-state index >= 15 is 0 Å². The molecule has 0 radical (unpaired) electrons. The lowest BCUT2D eigenvalue weighted by Gasteiger charge is -2.23. The van der Waals surface area contributed by atoms with Gasteiger partial charge in [0.2, 0.25) is 0 Å². The Morgan fingerprint density at radius 1 is 1.50 bits per heavy atom. The van der Waals surface area contributed by atoms with Crippen molar-refractivity contribution < 1.29 is 14.6 Å². The Bertz CT molecular complexity index is 88.9. The molecular formula is C7H16O3. The number of hydrogen-bond donors (Lipinski definition) is 1. The van der Waals surface area contributed by atoms with E-state index in [1.165, 1.54) is 0 Å². The second-order valence-corrected chi connectivity index (χ2v) is 2.76. The fourth-order valence-corrected chi connectivity index (χ4v) is 0.380. The van der Waals surface area contributed by atoms with E-state index in [1.807, 2.05) is 0 Å². The first-order valence-electron chi connectivity index (χ1n) is 3.35. The lowest BCUT2D eigenvalue weighted by Crippen LogP contribution is -2.30. The fraction of sp³-hybridized carbons (Fsp3) is 1.00. The van der Waals surface area contributed by atoms with Crippen LogP contribution in [0, 0.1) is 0 Å². The predicted octanol–water partition coefficient (Wildman–Crippen LogP) is 0.766. The zero-order chi connectivity index (χ0) is 8.20. The Morgan fingerprint density at radius 2 is 2.00 bits per heavy atom. The third-order valence-electron chi connectivity index (χ3n) is 1.16. The summed E-state index contributed by atoms with van der Waals surface area (Å²) in [5.74, 6) is -0.586. The van der Waals surface area contributed by atoms with Crippen molar-refractivity contribution in [2.45, 2.75) is 32.7 Å².